The van der Waals surface area contributed by atoms with Crippen molar-refractivity contribution >= 4 is 22.7 Å². The lowest BCUT2D eigenvalue weighted by Gasteiger charge is -2.02. The minimum atomic E-state index is -0.264. The van der Waals surface area contributed by atoms with Crippen LogP contribution >= 0.6 is 11.8 Å². The molecule has 1 aliphatic rings. The standard InChI is InChI=1S/C22H36O3S/c1-2-3-4-5-6-7-8-9-10-11-12-13-14-15-16-17-19(23)21-20(24)18-26-22(21)25/h9-10,24H,2-8,11-18H2,1H3/b10-9-. The molecule has 0 unspecified atom stereocenters. The van der Waals surface area contributed by atoms with Crippen LogP contribution in [0.1, 0.15) is 96.8 Å². The van der Waals surface area contributed by atoms with Gasteiger partial charge in [0.25, 0.3) is 0 Å². The van der Waals surface area contributed by atoms with Crippen LogP contribution in [0.2, 0.25) is 0 Å². The van der Waals surface area contributed by atoms with E-state index in [4.69, 9.17) is 0 Å². The predicted octanol–water partition coefficient (Wildman–Crippen LogP) is 6.68. The van der Waals surface area contributed by atoms with E-state index in [9.17, 15) is 14.7 Å². The Morgan fingerprint density at radius 1 is 0.923 bits per heavy atom. The van der Waals surface area contributed by atoms with Gasteiger partial charge in [0.2, 0.25) is 5.12 Å². The molecule has 0 amide bonds. The number of Topliss-reactive ketones (excluding diaryl/α,β-unsaturated/α-hetero) is 1. The minimum Gasteiger partial charge on any atom is -0.510 e. The van der Waals surface area contributed by atoms with Gasteiger partial charge in [0, 0.05) is 6.42 Å². The highest BCUT2D eigenvalue weighted by Gasteiger charge is 2.28. The summed E-state index contributed by atoms with van der Waals surface area (Å²) in [7, 11) is 0. The number of aliphatic hydroxyl groups excluding tert-OH is 1. The molecule has 0 aromatic carbocycles. The van der Waals surface area contributed by atoms with Crippen molar-refractivity contribution in [3.8, 4) is 0 Å². The van der Waals surface area contributed by atoms with Gasteiger partial charge in [-0.25, -0.2) is 0 Å². The molecule has 1 heterocycles. The molecular weight excluding hydrogens is 344 g/mol. The molecule has 148 valence electrons. The Morgan fingerprint density at radius 2 is 1.46 bits per heavy atom. The average Bonchev–Trinajstić information content (AvgIpc) is 2.96. The van der Waals surface area contributed by atoms with E-state index in [1.54, 1.807) is 0 Å². The van der Waals surface area contributed by atoms with Crippen molar-refractivity contribution in [3.05, 3.63) is 23.5 Å². The van der Waals surface area contributed by atoms with E-state index in [0.29, 0.717) is 6.42 Å². The third kappa shape index (κ3) is 10.2. The lowest BCUT2D eigenvalue weighted by molar-refractivity contribution is -0.118. The Kier molecular flexibility index (Phi) is 13.3. The molecule has 4 heteroatoms. The van der Waals surface area contributed by atoms with Crippen LogP contribution in [-0.2, 0) is 9.59 Å². The largest absolute Gasteiger partial charge is 0.510 e. The Labute approximate surface area is 163 Å². The summed E-state index contributed by atoms with van der Waals surface area (Å²) in [6.45, 7) is 2.25. The third-order valence-corrected chi connectivity index (χ3v) is 5.66. The quantitative estimate of drug-likeness (QED) is 0.184. The van der Waals surface area contributed by atoms with Gasteiger partial charge >= 0.3 is 0 Å². The van der Waals surface area contributed by atoms with Crippen LogP contribution in [0.3, 0.4) is 0 Å². The van der Waals surface area contributed by atoms with Crippen LogP contribution in [0, 0.1) is 0 Å². The van der Waals surface area contributed by atoms with Gasteiger partial charge in [-0.15, -0.1) is 0 Å². The molecular formula is C22H36O3S. The highest BCUT2D eigenvalue weighted by molar-refractivity contribution is 8.14. The van der Waals surface area contributed by atoms with Crippen LogP contribution < -0.4 is 0 Å². The second kappa shape index (κ2) is 15.1. The third-order valence-electron chi connectivity index (χ3n) is 4.78. The molecule has 0 atom stereocenters. The Morgan fingerprint density at radius 3 is 2.00 bits per heavy atom. The van der Waals surface area contributed by atoms with Crippen LogP contribution in [0.5, 0.6) is 0 Å². The maximum absolute atomic E-state index is 11.9. The summed E-state index contributed by atoms with van der Waals surface area (Å²) in [6, 6.07) is 0. The predicted molar refractivity (Wildman–Crippen MR) is 112 cm³/mol. The number of allylic oxidation sites excluding steroid dienone is 2. The number of hydrogen-bond donors (Lipinski definition) is 1. The monoisotopic (exact) mass is 380 g/mol. The van der Waals surface area contributed by atoms with Crippen molar-refractivity contribution in [1.29, 1.82) is 0 Å². The summed E-state index contributed by atoms with van der Waals surface area (Å²) in [5, 5.41) is 9.30. The topological polar surface area (TPSA) is 54.4 Å². The maximum atomic E-state index is 11.9. The lowest BCUT2D eigenvalue weighted by atomic mass is 10.0. The zero-order chi connectivity index (χ0) is 19.0. The fourth-order valence-corrected chi connectivity index (χ4v) is 3.94. The van der Waals surface area contributed by atoms with Gasteiger partial charge < -0.3 is 5.11 Å². The van der Waals surface area contributed by atoms with Crippen molar-refractivity contribution in [2.24, 2.45) is 0 Å². The van der Waals surface area contributed by atoms with Crippen LogP contribution in [0.25, 0.3) is 0 Å². The molecule has 0 fully saturated rings. The van der Waals surface area contributed by atoms with Crippen molar-refractivity contribution < 1.29 is 14.7 Å². The molecule has 0 spiro atoms. The second-order valence-electron chi connectivity index (χ2n) is 7.16. The van der Waals surface area contributed by atoms with E-state index >= 15 is 0 Å². The number of carbonyl (C=O) groups excluding carboxylic acids is 2. The van der Waals surface area contributed by atoms with Gasteiger partial charge in [-0.1, -0.05) is 82.2 Å². The molecule has 1 N–H and O–H groups in total. The van der Waals surface area contributed by atoms with E-state index < -0.39 is 0 Å². The fourth-order valence-electron chi connectivity index (χ4n) is 3.15. The Hall–Kier alpha value is -1.03. The number of unbranched alkanes of at least 4 members (excludes halogenated alkanes) is 11. The second-order valence-corrected chi connectivity index (χ2v) is 8.10. The van der Waals surface area contributed by atoms with Crippen molar-refractivity contribution in [2.45, 2.75) is 96.8 Å². The number of aliphatic hydroxyl groups is 1. The molecule has 0 aromatic rings. The number of rotatable bonds is 16. The fraction of sp³-hybridized carbons (Fsp3) is 0.727. The molecule has 0 aliphatic carbocycles. The van der Waals surface area contributed by atoms with Crippen molar-refractivity contribution in [3.63, 3.8) is 0 Å². The van der Waals surface area contributed by atoms with E-state index in [1.807, 2.05) is 0 Å². The Bertz CT molecular complexity index is 480. The van der Waals surface area contributed by atoms with Crippen LogP contribution in [0.4, 0.5) is 0 Å². The van der Waals surface area contributed by atoms with Crippen LogP contribution in [-0.4, -0.2) is 21.8 Å². The molecule has 0 saturated heterocycles. The first-order valence-corrected chi connectivity index (χ1v) is 11.4. The summed E-state index contributed by atoms with van der Waals surface area (Å²) >= 11 is 1.02. The zero-order valence-electron chi connectivity index (χ0n) is 16.4. The van der Waals surface area contributed by atoms with E-state index in [2.05, 4.69) is 19.1 Å². The van der Waals surface area contributed by atoms with Crippen LogP contribution in [0.15, 0.2) is 23.5 Å². The van der Waals surface area contributed by atoms with Gasteiger partial charge in [0.15, 0.2) is 5.78 Å². The first-order valence-electron chi connectivity index (χ1n) is 10.4. The zero-order valence-corrected chi connectivity index (χ0v) is 17.2. The molecule has 0 saturated carbocycles. The maximum Gasteiger partial charge on any atom is 0.226 e. The number of carbonyl (C=O) groups is 2. The first-order chi connectivity index (χ1) is 12.7. The Balaban J connectivity index is 1.89. The number of hydrogen-bond acceptors (Lipinski definition) is 4. The van der Waals surface area contributed by atoms with Gasteiger partial charge in [0.1, 0.15) is 11.3 Å². The van der Waals surface area contributed by atoms with E-state index in [0.717, 1.165) is 37.4 Å². The summed E-state index contributed by atoms with van der Waals surface area (Å²) in [6.07, 6.45) is 20.9. The van der Waals surface area contributed by atoms with Gasteiger partial charge in [0.05, 0.1) is 5.75 Å². The molecule has 0 radical (unpaired) electrons. The molecule has 26 heavy (non-hydrogen) atoms. The molecule has 1 aliphatic heterocycles. The van der Waals surface area contributed by atoms with Crippen molar-refractivity contribution in [1.82, 2.24) is 0 Å². The molecule has 0 aromatic heterocycles. The van der Waals surface area contributed by atoms with Crippen molar-refractivity contribution in [2.75, 3.05) is 5.75 Å². The average molecular weight is 381 g/mol. The van der Waals surface area contributed by atoms with E-state index in [-0.39, 0.29) is 28.0 Å². The highest BCUT2D eigenvalue weighted by atomic mass is 32.2. The smallest absolute Gasteiger partial charge is 0.226 e. The van der Waals surface area contributed by atoms with Gasteiger partial charge in [-0.2, -0.15) is 0 Å². The summed E-state index contributed by atoms with van der Waals surface area (Å²) in [4.78, 5) is 23.4. The summed E-state index contributed by atoms with van der Waals surface area (Å²) in [5.41, 5.74) is 0.0468. The summed E-state index contributed by atoms with van der Waals surface area (Å²) in [5.74, 6) is 0.0413. The molecule has 3 nitrogen and oxygen atoms in total. The van der Waals surface area contributed by atoms with Gasteiger partial charge in [-0.05, 0) is 32.1 Å². The minimum absolute atomic E-state index is 0.0299. The molecule has 0 bridgehead atoms. The first kappa shape index (κ1) is 23.0. The highest BCUT2D eigenvalue weighted by Crippen LogP contribution is 2.26. The normalized spacial score (nSPS) is 14.7. The van der Waals surface area contributed by atoms with E-state index in [1.165, 1.54) is 57.8 Å². The number of thioether (sulfide) groups is 1. The summed E-state index contributed by atoms with van der Waals surface area (Å²) < 4.78 is 0. The SMILES string of the molecule is CCCCCCCC/C=C\CCCCCCCC(=O)C1=C(O)CSC1=O. The number of ketones is 1. The van der Waals surface area contributed by atoms with Gasteiger partial charge in [-0.3, -0.25) is 9.59 Å². The molecule has 1 rings (SSSR count). The lowest BCUT2D eigenvalue weighted by Crippen LogP contribution is -2.08.